The Morgan fingerprint density at radius 3 is 2.88 bits per heavy atom. The molecule has 0 saturated heterocycles. The molecular formula is C5H9FN2. The monoisotopic (exact) mass is 116 g/mol. The quantitative estimate of drug-likeness (QED) is 0.444. The van der Waals surface area contributed by atoms with E-state index in [2.05, 4.69) is 4.99 Å². The van der Waals surface area contributed by atoms with Gasteiger partial charge in [0.05, 0.1) is 13.1 Å². The van der Waals surface area contributed by atoms with Crippen LogP contribution >= 0.6 is 0 Å². The van der Waals surface area contributed by atoms with Crippen LogP contribution in [0.5, 0.6) is 0 Å². The fraction of sp³-hybridized carbons (Fsp3) is 0.800. The number of aliphatic imine (C=N–C) groups is 1. The van der Waals surface area contributed by atoms with Gasteiger partial charge in [0, 0.05) is 6.54 Å². The third kappa shape index (κ3) is 1.26. The van der Waals surface area contributed by atoms with Crippen LogP contribution < -0.4 is 0 Å². The molecule has 0 unspecified atom stereocenters. The van der Waals surface area contributed by atoms with Gasteiger partial charge in [-0.25, -0.2) is 0 Å². The van der Waals surface area contributed by atoms with Gasteiger partial charge < -0.3 is 0 Å². The summed E-state index contributed by atoms with van der Waals surface area (Å²) in [6.45, 7) is 1.88. The summed E-state index contributed by atoms with van der Waals surface area (Å²) in [5.41, 5.74) is 0. The number of hydrogen-bond donors (Lipinski definition) is 0. The van der Waals surface area contributed by atoms with Crippen molar-refractivity contribution in [1.29, 1.82) is 0 Å². The zero-order valence-corrected chi connectivity index (χ0v) is 4.89. The molecule has 0 saturated carbocycles. The van der Waals surface area contributed by atoms with Gasteiger partial charge in [-0.05, 0) is 7.05 Å². The van der Waals surface area contributed by atoms with Gasteiger partial charge in [0.25, 0.3) is 0 Å². The topological polar surface area (TPSA) is 15.6 Å². The van der Waals surface area contributed by atoms with E-state index in [0.29, 0.717) is 13.1 Å². The Bertz CT molecular complexity index is 111. The molecule has 0 amide bonds. The van der Waals surface area contributed by atoms with Gasteiger partial charge in [-0.15, -0.1) is 0 Å². The van der Waals surface area contributed by atoms with Crippen molar-refractivity contribution >= 4 is 5.97 Å². The Labute approximate surface area is 48.0 Å². The van der Waals surface area contributed by atoms with Crippen LogP contribution in [0.2, 0.25) is 0 Å². The Morgan fingerprint density at radius 1 is 1.75 bits per heavy atom. The van der Waals surface area contributed by atoms with Gasteiger partial charge in [0.1, 0.15) is 0 Å². The number of nitrogens with zero attached hydrogens (tertiary/aromatic N) is 2. The molecule has 1 aliphatic heterocycles. The van der Waals surface area contributed by atoms with Gasteiger partial charge in [-0.3, -0.25) is 9.89 Å². The molecule has 3 heteroatoms. The van der Waals surface area contributed by atoms with E-state index in [9.17, 15) is 4.39 Å². The van der Waals surface area contributed by atoms with Crippen molar-refractivity contribution in [2.75, 3.05) is 26.7 Å². The molecule has 1 aliphatic rings. The molecular weight excluding hydrogens is 107 g/mol. The van der Waals surface area contributed by atoms with Crippen LogP contribution in [-0.4, -0.2) is 37.5 Å². The van der Waals surface area contributed by atoms with Crippen LogP contribution in [0.1, 0.15) is 0 Å². The number of likely N-dealkylation sites (N-methyl/N-ethyl adjacent to an activating group) is 1. The van der Waals surface area contributed by atoms with Crippen LogP contribution in [0.3, 0.4) is 0 Å². The van der Waals surface area contributed by atoms with Crippen molar-refractivity contribution in [2.45, 2.75) is 0 Å². The first kappa shape index (κ1) is 5.69. The second-order valence-corrected chi connectivity index (χ2v) is 2.00. The van der Waals surface area contributed by atoms with E-state index in [0.717, 1.165) is 6.54 Å². The third-order valence-corrected chi connectivity index (χ3v) is 1.17. The molecule has 8 heavy (non-hydrogen) atoms. The largest absolute Gasteiger partial charge is 0.297 e. The minimum absolute atomic E-state index is 0.237. The molecule has 0 aliphatic carbocycles. The Balaban J connectivity index is 2.45. The highest BCUT2D eigenvalue weighted by molar-refractivity contribution is 5.77. The van der Waals surface area contributed by atoms with Crippen molar-refractivity contribution in [3.63, 3.8) is 0 Å². The number of rotatable bonds is 0. The fourth-order valence-corrected chi connectivity index (χ4v) is 0.694. The van der Waals surface area contributed by atoms with Gasteiger partial charge in [0.15, 0.2) is 5.97 Å². The SMILES string of the molecule is CN1CCN=C(F)C1. The van der Waals surface area contributed by atoms with Crippen LogP contribution in [0.15, 0.2) is 4.99 Å². The lowest BCUT2D eigenvalue weighted by Gasteiger charge is -2.16. The van der Waals surface area contributed by atoms with E-state index in [1.54, 1.807) is 0 Å². The van der Waals surface area contributed by atoms with Crippen molar-refractivity contribution in [2.24, 2.45) is 4.99 Å². The average Bonchev–Trinajstić information content (AvgIpc) is 1.64. The standard InChI is InChI=1S/C5H9FN2/c1-8-3-2-7-5(6)4-8/h2-4H2,1H3. The van der Waals surface area contributed by atoms with Crippen molar-refractivity contribution in [3.8, 4) is 0 Å². The first-order chi connectivity index (χ1) is 3.79. The van der Waals surface area contributed by atoms with Gasteiger partial charge in [-0.1, -0.05) is 0 Å². The third-order valence-electron chi connectivity index (χ3n) is 1.17. The molecule has 0 fully saturated rings. The van der Waals surface area contributed by atoms with Crippen LogP contribution in [0.25, 0.3) is 0 Å². The Hall–Kier alpha value is -0.440. The maximum atomic E-state index is 12.1. The molecule has 0 aromatic heterocycles. The van der Waals surface area contributed by atoms with Crippen LogP contribution in [-0.2, 0) is 0 Å². The zero-order chi connectivity index (χ0) is 5.98. The molecule has 0 aromatic rings. The summed E-state index contributed by atoms with van der Waals surface area (Å²) >= 11 is 0. The van der Waals surface area contributed by atoms with E-state index in [4.69, 9.17) is 0 Å². The highest BCUT2D eigenvalue weighted by Gasteiger charge is 2.07. The molecule has 2 nitrogen and oxygen atoms in total. The average molecular weight is 116 g/mol. The van der Waals surface area contributed by atoms with Gasteiger partial charge >= 0.3 is 0 Å². The Kier molecular flexibility index (Phi) is 1.58. The molecule has 0 aromatic carbocycles. The highest BCUT2D eigenvalue weighted by atomic mass is 19.1. The zero-order valence-electron chi connectivity index (χ0n) is 4.89. The van der Waals surface area contributed by atoms with E-state index in [-0.39, 0.29) is 5.97 Å². The normalized spacial score (nSPS) is 23.0. The molecule has 0 bridgehead atoms. The van der Waals surface area contributed by atoms with Gasteiger partial charge in [0.2, 0.25) is 0 Å². The summed E-state index contributed by atoms with van der Waals surface area (Å²) in [4.78, 5) is 5.49. The summed E-state index contributed by atoms with van der Waals surface area (Å²) < 4.78 is 12.1. The molecule has 0 radical (unpaired) electrons. The van der Waals surface area contributed by atoms with E-state index in [1.165, 1.54) is 0 Å². The lowest BCUT2D eigenvalue weighted by Crippen LogP contribution is -2.30. The summed E-state index contributed by atoms with van der Waals surface area (Å²) in [5.74, 6) is -0.237. The summed E-state index contributed by atoms with van der Waals surface area (Å²) in [5, 5.41) is 0. The predicted octanol–water partition coefficient (Wildman–Crippen LogP) is 0.300. The summed E-state index contributed by atoms with van der Waals surface area (Å²) in [6, 6.07) is 0. The lowest BCUT2D eigenvalue weighted by atomic mass is 10.4. The van der Waals surface area contributed by atoms with E-state index < -0.39 is 0 Å². The minimum Gasteiger partial charge on any atom is -0.297 e. The lowest BCUT2D eigenvalue weighted by molar-refractivity contribution is 0.364. The van der Waals surface area contributed by atoms with E-state index >= 15 is 0 Å². The Morgan fingerprint density at radius 2 is 2.50 bits per heavy atom. The second-order valence-electron chi connectivity index (χ2n) is 2.00. The van der Waals surface area contributed by atoms with Crippen LogP contribution in [0, 0.1) is 0 Å². The predicted molar refractivity (Wildman–Crippen MR) is 30.9 cm³/mol. The first-order valence-corrected chi connectivity index (χ1v) is 2.66. The number of halogens is 1. The highest BCUT2D eigenvalue weighted by Crippen LogP contribution is 1.93. The minimum atomic E-state index is -0.237. The second kappa shape index (κ2) is 2.22. The molecule has 0 atom stereocenters. The van der Waals surface area contributed by atoms with Gasteiger partial charge in [-0.2, -0.15) is 4.39 Å². The fourth-order valence-electron chi connectivity index (χ4n) is 0.694. The number of hydrogen-bond acceptors (Lipinski definition) is 2. The first-order valence-electron chi connectivity index (χ1n) is 2.66. The molecule has 1 heterocycles. The molecule has 0 N–H and O–H groups in total. The van der Waals surface area contributed by atoms with Crippen LogP contribution in [0.4, 0.5) is 4.39 Å². The molecule has 0 spiro atoms. The molecule has 1 rings (SSSR count). The van der Waals surface area contributed by atoms with Crippen molar-refractivity contribution < 1.29 is 4.39 Å². The smallest absolute Gasteiger partial charge is 0.198 e. The van der Waals surface area contributed by atoms with E-state index in [1.807, 2.05) is 11.9 Å². The summed E-state index contributed by atoms with van der Waals surface area (Å²) in [7, 11) is 1.88. The van der Waals surface area contributed by atoms with Crippen molar-refractivity contribution in [3.05, 3.63) is 0 Å². The molecule has 46 valence electrons. The van der Waals surface area contributed by atoms with Crippen molar-refractivity contribution in [1.82, 2.24) is 4.90 Å². The summed E-state index contributed by atoms with van der Waals surface area (Å²) in [6.07, 6.45) is 0. The maximum Gasteiger partial charge on any atom is 0.198 e. The maximum absolute atomic E-state index is 12.1.